The summed E-state index contributed by atoms with van der Waals surface area (Å²) in [5.41, 5.74) is 3.86. The van der Waals surface area contributed by atoms with Crippen molar-refractivity contribution in [3.63, 3.8) is 0 Å². The standard InChI is InChI=1S/C33H30F2N10O2/c1-42-12-5-13-43-29-21(6-3-8-25(29)41-33(43)47-2)24-7-4-9-28(40-24)39-20-15-27(32(42)46)44(17-20)30-22-16-38-45(31(22)37-18-36-30)26-11-10-19(34)14-23(26)35/h3-4,6-11,14,16,18,20,27H,5,12-13,15,17H2,1-2H3,(H,39,40)/t20-,27-/m0/s1. The van der Waals surface area contributed by atoms with Crippen LogP contribution in [0.3, 0.4) is 0 Å². The number of para-hydroxylation sites is 1. The minimum atomic E-state index is -0.769. The second-order valence-corrected chi connectivity index (χ2v) is 11.8. The Morgan fingerprint density at radius 3 is 2.74 bits per heavy atom. The molecule has 4 bridgehead atoms. The summed E-state index contributed by atoms with van der Waals surface area (Å²) in [5.74, 6) is -0.340. The highest BCUT2D eigenvalue weighted by Gasteiger charge is 2.40. The molecule has 4 aromatic heterocycles. The molecular weight excluding hydrogens is 606 g/mol. The van der Waals surface area contributed by atoms with Crippen molar-refractivity contribution in [2.45, 2.75) is 31.5 Å². The molecule has 6 heterocycles. The summed E-state index contributed by atoms with van der Waals surface area (Å²) >= 11 is 0. The largest absolute Gasteiger partial charge is 0.468 e. The number of halogens is 2. The maximum absolute atomic E-state index is 14.8. The topological polar surface area (TPSA) is 119 Å². The molecule has 0 saturated carbocycles. The maximum atomic E-state index is 14.8. The van der Waals surface area contributed by atoms with Crippen molar-refractivity contribution in [3.05, 3.63) is 78.8 Å². The number of aromatic nitrogens is 7. The van der Waals surface area contributed by atoms with E-state index < -0.39 is 17.7 Å². The van der Waals surface area contributed by atoms with Gasteiger partial charge >= 0.3 is 0 Å². The molecule has 12 nitrogen and oxygen atoms in total. The SMILES string of the molecule is COc1nc2cccc3c2n1CCCN(C)C(=O)[C@@H]1C[C@@H](CN1c1ncnc2c1cnn2-c1ccc(F)cc1F)Nc1cccc-3n1. The van der Waals surface area contributed by atoms with Crippen LogP contribution in [-0.4, -0.2) is 84.4 Å². The van der Waals surface area contributed by atoms with Gasteiger partial charge in [0, 0.05) is 44.4 Å². The monoisotopic (exact) mass is 636 g/mol. The van der Waals surface area contributed by atoms with Crippen LogP contribution in [0.2, 0.25) is 0 Å². The lowest BCUT2D eigenvalue weighted by molar-refractivity contribution is -0.131. The summed E-state index contributed by atoms with van der Waals surface area (Å²) in [6, 6.07) is 14.9. The van der Waals surface area contributed by atoms with Crippen LogP contribution in [0, 0.1) is 11.6 Å². The number of anilines is 2. The first-order chi connectivity index (χ1) is 22.9. The van der Waals surface area contributed by atoms with Crippen LogP contribution >= 0.6 is 0 Å². The molecule has 1 fully saturated rings. The Labute approximate surface area is 267 Å². The number of methoxy groups -OCH3 is 1. The van der Waals surface area contributed by atoms with Gasteiger partial charge in [-0.15, -0.1) is 0 Å². The maximum Gasteiger partial charge on any atom is 0.297 e. The smallest absolute Gasteiger partial charge is 0.297 e. The first-order valence-electron chi connectivity index (χ1n) is 15.3. The quantitative estimate of drug-likeness (QED) is 0.301. The third kappa shape index (κ3) is 4.87. The summed E-state index contributed by atoms with van der Waals surface area (Å²) in [4.78, 5) is 36.5. The lowest BCUT2D eigenvalue weighted by Crippen LogP contribution is -2.45. The number of hydrogen-bond acceptors (Lipinski definition) is 9. The van der Waals surface area contributed by atoms with Crippen LogP contribution in [0.25, 0.3) is 39.0 Å². The molecule has 2 atom stereocenters. The molecule has 2 aliphatic rings. The number of ether oxygens (including phenoxy) is 1. The van der Waals surface area contributed by atoms with Crippen molar-refractivity contribution >= 4 is 39.6 Å². The van der Waals surface area contributed by atoms with Gasteiger partial charge in [0.2, 0.25) is 5.91 Å². The highest BCUT2D eigenvalue weighted by molar-refractivity contribution is 5.94. The summed E-state index contributed by atoms with van der Waals surface area (Å²) in [6.07, 6.45) is 4.08. The van der Waals surface area contributed by atoms with Crippen LogP contribution in [0.5, 0.6) is 6.01 Å². The molecule has 0 spiro atoms. The molecule has 1 saturated heterocycles. The number of nitrogens with zero attached hydrogens (tertiary/aromatic N) is 9. The average molecular weight is 637 g/mol. The number of hydrogen-bond donors (Lipinski definition) is 1. The molecule has 8 rings (SSSR count). The minimum absolute atomic E-state index is 0.0557. The molecule has 14 heteroatoms. The number of carbonyl (C=O) groups is 1. The molecule has 1 amide bonds. The highest BCUT2D eigenvalue weighted by atomic mass is 19.1. The average Bonchev–Trinajstić information content (AvgIpc) is 3.79. The number of pyridine rings is 1. The summed E-state index contributed by atoms with van der Waals surface area (Å²) in [6.45, 7) is 1.52. The molecular formula is C33H30F2N10O2. The molecule has 238 valence electrons. The Hall–Kier alpha value is -5.66. The number of carbonyl (C=O) groups excluding carboxylic acids is 1. The predicted octanol–water partition coefficient (Wildman–Crippen LogP) is 4.44. The van der Waals surface area contributed by atoms with Crippen molar-refractivity contribution in [2.24, 2.45) is 0 Å². The summed E-state index contributed by atoms with van der Waals surface area (Å²) < 4.78 is 37.4. The highest BCUT2D eigenvalue weighted by Crippen LogP contribution is 2.35. The van der Waals surface area contributed by atoms with E-state index in [-0.39, 0.29) is 17.6 Å². The molecule has 2 aliphatic heterocycles. The molecule has 0 radical (unpaired) electrons. The van der Waals surface area contributed by atoms with E-state index >= 15 is 0 Å². The van der Waals surface area contributed by atoms with Gasteiger partial charge in [-0.25, -0.2) is 28.4 Å². The Balaban J connectivity index is 1.20. The third-order valence-electron chi connectivity index (χ3n) is 8.88. The number of rotatable bonds is 3. The Kier molecular flexibility index (Phi) is 6.92. The van der Waals surface area contributed by atoms with Gasteiger partial charge < -0.3 is 19.9 Å². The van der Waals surface area contributed by atoms with Crippen molar-refractivity contribution in [1.82, 2.24) is 39.2 Å². The number of nitrogens with one attached hydrogen (secondary N) is 1. The summed E-state index contributed by atoms with van der Waals surface area (Å²) in [7, 11) is 3.41. The van der Waals surface area contributed by atoms with Gasteiger partial charge in [0.05, 0.1) is 35.4 Å². The van der Waals surface area contributed by atoms with E-state index in [1.807, 2.05) is 52.9 Å². The van der Waals surface area contributed by atoms with Gasteiger partial charge in [0.1, 0.15) is 35.5 Å². The number of amides is 1. The second-order valence-electron chi connectivity index (χ2n) is 11.8. The van der Waals surface area contributed by atoms with E-state index in [0.29, 0.717) is 61.2 Å². The third-order valence-corrected chi connectivity index (χ3v) is 8.88. The van der Waals surface area contributed by atoms with E-state index in [4.69, 9.17) is 14.7 Å². The fraction of sp³-hybridized carbons (Fsp3) is 0.273. The molecule has 0 aliphatic carbocycles. The van der Waals surface area contributed by atoms with Gasteiger partial charge in [0.15, 0.2) is 11.5 Å². The van der Waals surface area contributed by atoms with Gasteiger partial charge in [0.25, 0.3) is 6.01 Å². The number of benzene rings is 2. The van der Waals surface area contributed by atoms with Gasteiger partial charge in [-0.1, -0.05) is 18.2 Å². The lowest BCUT2D eigenvalue weighted by Gasteiger charge is -2.29. The summed E-state index contributed by atoms with van der Waals surface area (Å²) in [5, 5.41) is 8.48. The van der Waals surface area contributed by atoms with Crippen LogP contribution in [0.1, 0.15) is 12.8 Å². The Morgan fingerprint density at radius 2 is 1.89 bits per heavy atom. The number of likely N-dealkylation sites (N-methyl/N-ethyl adjacent to an activating group) is 1. The van der Waals surface area contributed by atoms with Crippen molar-refractivity contribution in [3.8, 4) is 23.0 Å². The van der Waals surface area contributed by atoms with E-state index in [9.17, 15) is 13.6 Å². The van der Waals surface area contributed by atoms with Crippen molar-refractivity contribution in [2.75, 3.05) is 37.5 Å². The van der Waals surface area contributed by atoms with Crippen molar-refractivity contribution in [1.29, 1.82) is 0 Å². The zero-order valence-electron chi connectivity index (χ0n) is 25.6. The fourth-order valence-electron chi connectivity index (χ4n) is 6.74. The van der Waals surface area contributed by atoms with Crippen LogP contribution < -0.4 is 15.0 Å². The number of aryl methyl sites for hydroxylation is 1. The van der Waals surface area contributed by atoms with E-state index in [2.05, 4.69) is 20.4 Å². The molecule has 6 aromatic rings. The van der Waals surface area contributed by atoms with Crippen molar-refractivity contribution < 1.29 is 18.3 Å². The zero-order valence-corrected chi connectivity index (χ0v) is 25.6. The minimum Gasteiger partial charge on any atom is -0.468 e. The van der Waals surface area contributed by atoms with Crippen LogP contribution in [0.4, 0.5) is 20.4 Å². The Morgan fingerprint density at radius 1 is 1.02 bits per heavy atom. The number of imidazole rings is 1. The van der Waals surface area contributed by atoms with Gasteiger partial charge in [-0.05, 0) is 43.2 Å². The molecule has 1 N–H and O–H groups in total. The van der Waals surface area contributed by atoms with Gasteiger partial charge in [-0.2, -0.15) is 10.1 Å². The lowest BCUT2D eigenvalue weighted by atomic mass is 10.1. The second kappa shape index (κ2) is 11.3. The molecule has 0 unspecified atom stereocenters. The first kappa shape index (κ1) is 28.8. The Bertz CT molecular complexity index is 2160. The van der Waals surface area contributed by atoms with Gasteiger partial charge in [-0.3, -0.25) is 9.36 Å². The fourth-order valence-corrected chi connectivity index (χ4v) is 6.74. The number of fused-ring (bicyclic) bond motifs is 6. The van der Waals surface area contributed by atoms with E-state index in [1.54, 1.807) is 18.2 Å². The molecule has 47 heavy (non-hydrogen) atoms. The molecule has 2 aromatic carbocycles. The van der Waals surface area contributed by atoms with Crippen LogP contribution in [0.15, 0.2) is 67.1 Å². The van der Waals surface area contributed by atoms with Crippen LogP contribution in [-0.2, 0) is 11.3 Å². The first-order valence-corrected chi connectivity index (χ1v) is 15.3. The van der Waals surface area contributed by atoms with E-state index in [1.165, 1.54) is 23.1 Å². The zero-order chi connectivity index (χ0) is 32.2. The van der Waals surface area contributed by atoms with E-state index in [0.717, 1.165) is 28.4 Å². The normalized spacial score (nSPS) is 18.3. The predicted molar refractivity (Wildman–Crippen MR) is 172 cm³/mol.